The molecule has 0 aromatic carbocycles. The number of nitrogens with one attached hydrogen (secondary N) is 1. The van der Waals surface area contributed by atoms with E-state index in [0.717, 1.165) is 32.1 Å². The molecular formula is C10H19NO4S. The molecular weight excluding hydrogens is 230 g/mol. The van der Waals surface area contributed by atoms with Gasteiger partial charge in [-0.15, -0.1) is 0 Å². The first-order valence-electron chi connectivity index (χ1n) is 5.52. The van der Waals surface area contributed by atoms with Crippen molar-refractivity contribution in [3.05, 3.63) is 0 Å². The van der Waals surface area contributed by atoms with Crippen LogP contribution in [0.15, 0.2) is 0 Å². The van der Waals surface area contributed by atoms with Gasteiger partial charge in [0, 0.05) is 6.04 Å². The van der Waals surface area contributed by atoms with E-state index in [-0.39, 0.29) is 6.04 Å². The minimum atomic E-state index is -3.81. The molecule has 0 heterocycles. The number of carboxylic acid groups (broad SMARTS) is 1. The predicted octanol–water partition coefficient (Wildman–Crippen LogP) is 1.10. The fourth-order valence-electron chi connectivity index (χ4n) is 1.70. The smallest absolute Gasteiger partial charge is 0.325 e. The average Bonchev–Trinajstić information content (AvgIpc) is 2.18. The molecule has 1 aliphatic carbocycles. The number of sulfonamides is 1. The van der Waals surface area contributed by atoms with Crippen LogP contribution >= 0.6 is 0 Å². The van der Waals surface area contributed by atoms with E-state index in [0.29, 0.717) is 0 Å². The molecule has 1 saturated carbocycles. The maximum Gasteiger partial charge on any atom is 0.325 e. The highest BCUT2D eigenvalue weighted by molar-refractivity contribution is 7.91. The molecule has 0 radical (unpaired) electrons. The van der Waals surface area contributed by atoms with Crippen LogP contribution < -0.4 is 4.72 Å². The summed E-state index contributed by atoms with van der Waals surface area (Å²) in [5.41, 5.74) is 0. The van der Waals surface area contributed by atoms with Crippen LogP contribution in [0.4, 0.5) is 0 Å². The second kappa shape index (κ2) is 4.71. The quantitative estimate of drug-likeness (QED) is 0.781. The van der Waals surface area contributed by atoms with Gasteiger partial charge in [0.25, 0.3) is 0 Å². The summed E-state index contributed by atoms with van der Waals surface area (Å²) in [4.78, 5) is 10.9. The first kappa shape index (κ1) is 13.4. The molecule has 94 valence electrons. The zero-order chi connectivity index (χ0) is 12.4. The molecule has 0 saturated heterocycles. The molecule has 2 N–H and O–H groups in total. The Morgan fingerprint density at radius 2 is 1.75 bits per heavy atom. The summed E-state index contributed by atoms with van der Waals surface area (Å²) in [5.74, 6) is -1.32. The molecule has 16 heavy (non-hydrogen) atoms. The van der Waals surface area contributed by atoms with Crippen LogP contribution in [0.1, 0.15) is 46.0 Å². The van der Waals surface area contributed by atoms with Gasteiger partial charge in [-0.3, -0.25) is 4.79 Å². The van der Waals surface area contributed by atoms with Gasteiger partial charge < -0.3 is 5.11 Å². The first-order chi connectivity index (χ1) is 7.27. The monoisotopic (exact) mass is 249 g/mol. The summed E-state index contributed by atoms with van der Waals surface area (Å²) in [6.45, 7) is 2.42. The highest BCUT2D eigenvalue weighted by atomic mass is 32.2. The van der Waals surface area contributed by atoms with Gasteiger partial charge in [-0.1, -0.05) is 19.3 Å². The Kier molecular flexibility index (Phi) is 3.96. The lowest BCUT2D eigenvalue weighted by Crippen LogP contribution is -2.51. The molecule has 0 aromatic heterocycles. The Morgan fingerprint density at radius 3 is 2.19 bits per heavy atom. The van der Waals surface area contributed by atoms with Crippen molar-refractivity contribution >= 4 is 16.0 Å². The molecule has 1 fully saturated rings. The summed E-state index contributed by atoms with van der Waals surface area (Å²) in [6.07, 6.45) is 4.73. The third-order valence-corrected chi connectivity index (χ3v) is 5.28. The molecule has 5 nitrogen and oxygen atoms in total. The highest BCUT2D eigenvalue weighted by Gasteiger charge is 2.42. The summed E-state index contributed by atoms with van der Waals surface area (Å²) < 4.78 is 24.5. The largest absolute Gasteiger partial charge is 0.480 e. The zero-order valence-corrected chi connectivity index (χ0v) is 10.5. The van der Waals surface area contributed by atoms with Crippen molar-refractivity contribution in [2.45, 2.75) is 56.7 Å². The Labute approximate surface area is 96.3 Å². The number of hydrogen-bond donors (Lipinski definition) is 2. The van der Waals surface area contributed by atoms with Crippen LogP contribution in [-0.4, -0.2) is 30.3 Å². The Balaban J connectivity index is 2.74. The summed E-state index contributed by atoms with van der Waals surface area (Å²) >= 11 is 0. The zero-order valence-electron chi connectivity index (χ0n) is 9.69. The minimum Gasteiger partial charge on any atom is -0.480 e. The Morgan fingerprint density at radius 1 is 1.25 bits per heavy atom. The van der Waals surface area contributed by atoms with Crippen molar-refractivity contribution in [2.75, 3.05) is 0 Å². The van der Waals surface area contributed by atoms with Crippen LogP contribution in [0.2, 0.25) is 0 Å². The van der Waals surface area contributed by atoms with Crippen molar-refractivity contribution in [3.8, 4) is 0 Å². The molecule has 0 aliphatic heterocycles. The van der Waals surface area contributed by atoms with Crippen LogP contribution in [0.3, 0.4) is 0 Å². The standard InChI is InChI=1S/C10H19NO4S/c1-10(2,9(12)13)16(14,15)11-8-6-4-3-5-7-8/h8,11H,3-7H2,1-2H3,(H,12,13). The van der Waals surface area contributed by atoms with Crippen LogP contribution in [0, 0.1) is 0 Å². The van der Waals surface area contributed by atoms with Crippen LogP contribution in [0.5, 0.6) is 0 Å². The molecule has 1 aliphatic rings. The van der Waals surface area contributed by atoms with Gasteiger partial charge in [-0.2, -0.15) is 0 Å². The predicted molar refractivity (Wildman–Crippen MR) is 60.6 cm³/mol. The van der Waals surface area contributed by atoms with E-state index in [2.05, 4.69) is 4.72 Å². The van der Waals surface area contributed by atoms with Gasteiger partial charge in [-0.25, -0.2) is 13.1 Å². The van der Waals surface area contributed by atoms with Gasteiger partial charge in [0.15, 0.2) is 4.75 Å². The number of carboxylic acids is 1. The second-order valence-corrected chi connectivity index (χ2v) is 7.03. The van der Waals surface area contributed by atoms with Gasteiger partial charge in [0.05, 0.1) is 0 Å². The lowest BCUT2D eigenvalue weighted by Gasteiger charge is -2.27. The second-order valence-electron chi connectivity index (χ2n) is 4.77. The highest BCUT2D eigenvalue weighted by Crippen LogP contribution is 2.22. The lowest BCUT2D eigenvalue weighted by atomic mass is 9.96. The Hall–Kier alpha value is -0.620. The van der Waals surface area contributed by atoms with E-state index < -0.39 is 20.7 Å². The number of hydrogen-bond acceptors (Lipinski definition) is 3. The maximum atomic E-state index is 11.9. The fourth-order valence-corrected chi connectivity index (χ4v) is 2.90. The topological polar surface area (TPSA) is 83.5 Å². The fraction of sp³-hybridized carbons (Fsp3) is 0.900. The average molecular weight is 249 g/mol. The lowest BCUT2D eigenvalue weighted by molar-refractivity contribution is -0.139. The molecule has 0 atom stereocenters. The van der Waals surface area contributed by atoms with Gasteiger partial charge in [-0.05, 0) is 26.7 Å². The molecule has 1 rings (SSSR count). The number of carbonyl (C=O) groups is 1. The molecule has 0 bridgehead atoms. The minimum absolute atomic E-state index is 0.0997. The van der Waals surface area contributed by atoms with Crippen molar-refractivity contribution in [3.63, 3.8) is 0 Å². The molecule has 0 amide bonds. The third kappa shape index (κ3) is 2.74. The molecule has 0 aromatic rings. The number of rotatable bonds is 4. The summed E-state index contributed by atoms with van der Waals surface area (Å²) in [5, 5.41) is 8.89. The van der Waals surface area contributed by atoms with Gasteiger partial charge in [0.2, 0.25) is 10.0 Å². The molecule has 0 spiro atoms. The van der Waals surface area contributed by atoms with E-state index in [1.54, 1.807) is 0 Å². The summed E-state index contributed by atoms with van der Waals surface area (Å²) in [7, 11) is -3.81. The normalized spacial score (nSPS) is 19.6. The van der Waals surface area contributed by atoms with Crippen LogP contribution in [0.25, 0.3) is 0 Å². The Bertz CT molecular complexity index is 355. The summed E-state index contributed by atoms with van der Waals surface area (Å²) in [6, 6.07) is -0.0997. The third-order valence-electron chi connectivity index (χ3n) is 3.11. The van der Waals surface area contributed by atoms with Crippen molar-refractivity contribution in [1.82, 2.24) is 4.72 Å². The van der Waals surface area contributed by atoms with E-state index in [9.17, 15) is 13.2 Å². The van der Waals surface area contributed by atoms with Gasteiger partial charge >= 0.3 is 5.97 Å². The van der Waals surface area contributed by atoms with Crippen LogP contribution in [-0.2, 0) is 14.8 Å². The van der Waals surface area contributed by atoms with E-state index in [4.69, 9.17) is 5.11 Å². The first-order valence-corrected chi connectivity index (χ1v) is 7.01. The SMILES string of the molecule is CC(C)(C(=O)O)S(=O)(=O)NC1CCCCC1. The van der Waals surface area contributed by atoms with Crippen molar-refractivity contribution in [1.29, 1.82) is 0 Å². The maximum absolute atomic E-state index is 11.9. The van der Waals surface area contributed by atoms with E-state index in [1.165, 1.54) is 13.8 Å². The number of aliphatic carboxylic acids is 1. The van der Waals surface area contributed by atoms with Crippen molar-refractivity contribution in [2.24, 2.45) is 0 Å². The van der Waals surface area contributed by atoms with Gasteiger partial charge in [0.1, 0.15) is 0 Å². The van der Waals surface area contributed by atoms with Crippen molar-refractivity contribution < 1.29 is 18.3 Å². The molecule has 6 heteroatoms. The van der Waals surface area contributed by atoms with E-state index in [1.807, 2.05) is 0 Å². The van der Waals surface area contributed by atoms with E-state index >= 15 is 0 Å². The molecule has 0 unspecified atom stereocenters.